The van der Waals surface area contributed by atoms with Gasteiger partial charge in [-0.1, -0.05) is 18.7 Å². The minimum atomic E-state index is -0.642. The van der Waals surface area contributed by atoms with Crippen LogP contribution in [-0.4, -0.2) is 26.1 Å². The molecule has 0 saturated heterocycles. The molecule has 1 aromatic rings. The first kappa shape index (κ1) is 11.7. The zero-order valence-corrected chi connectivity index (χ0v) is 9.59. The average molecular weight is 228 g/mol. The van der Waals surface area contributed by atoms with Gasteiger partial charge in [0.05, 0.1) is 0 Å². The second-order valence-electron chi connectivity index (χ2n) is 2.92. The molecule has 1 rings (SSSR count). The minimum Gasteiger partial charge on any atom is -0.256 e. The highest BCUT2D eigenvalue weighted by molar-refractivity contribution is 7.99. The summed E-state index contributed by atoms with van der Waals surface area (Å²) in [6.45, 7) is 5.43. The van der Waals surface area contributed by atoms with Crippen molar-refractivity contribution in [2.45, 2.75) is 25.9 Å². The van der Waals surface area contributed by atoms with Crippen LogP contribution >= 0.6 is 11.8 Å². The van der Waals surface area contributed by atoms with E-state index in [-0.39, 0.29) is 0 Å². The first-order valence-corrected chi connectivity index (χ1v) is 5.41. The zero-order valence-electron chi connectivity index (χ0n) is 8.77. The van der Waals surface area contributed by atoms with Crippen LogP contribution in [0.25, 0.3) is 0 Å². The normalized spacial score (nSPS) is 10.1. The van der Waals surface area contributed by atoms with Gasteiger partial charge < -0.3 is 0 Å². The Labute approximate surface area is 90.4 Å². The second kappa shape index (κ2) is 4.92. The van der Waals surface area contributed by atoms with Crippen molar-refractivity contribution in [2.24, 2.45) is 5.10 Å². The maximum atomic E-state index is 11.4. The lowest BCUT2D eigenvalue weighted by Crippen LogP contribution is -2.31. The van der Waals surface area contributed by atoms with Gasteiger partial charge in [-0.05, 0) is 19.6 Å². The van der Waals surface area contributed by atoms with Crippen molar-refractivity contribution in [1.29, 1.82) is 0 Å². The Balaban J connectivity index is 3.40. The van der Waals surface area contributed by atoms with Crippen LogP contribution in [0.1, 0.15) is 20.8 Å². The minimum absolute atomic E-state index is 0.312. The van der Waals surface area contributed by atoms with Crippen LogP contribution < -0.4 is 11.4 Å². The summed E-state index contributed by atoms with van der Waals surface area (Å²) in [4.78, 5) is 28.1. The van der Waals surface area contributed by atoms with Gasteiger partial charge in [-0.2, -0.15) is 14.8 Å². The molecular formula is C8H12N4O2S. The third-order valence-corrected chi connectivity index (χ3v) is 2.17. The Morgan fingerprint density at radius 3 is 2.73 bits per heavy atom. The molecule has 0 amide bonds. The van der Waals surface area contributed by atoms with Crippen molar-refractivity contribution in [1.82, 2.24) is 14.6 Å². The molecule has 0 aromatic carbocycles. The van der Waals surface area contributed by atoms with Crippen molar-refractivity contribution >= 4 is 17.5 Å². The molecule has 82 valence electrons. The van der Waals surface area contributed by atoms with E-state index < -0.39 is 11.4 Å². The van der Waals surface area contributed by atoms with Crippen LogP contribution in [-0.2, 0) is 0 Å². The van der Waals surface area contributed by atoms with Crippen molar-refractivity contribution < 1.29 is 0 Å². The van der Waals surface area contributed by atoms with Crippen LogP contribution in [0.5, 0.6) is 0 Å². The molecule has 0 unspecified atom stereocenters. The molecule has 0 aliphatic rings. The molecule has 6 nitrogen and oxygen atoms in total. The SMILES string of the molecule is CCSc1nc(=O)[nH]c(=O)n1N=C(C)C. The van der Waals surface area contributed by atoms with Crippen LogP contribution in [0.2, 0.25) is 0 Å². The average Bonchev–Trinajstić information content (AvgIpc) is 2.11. The number of rotatable bonds is 3. The number of hydrogen-bond acceptors (Lipinski definition) is 5. The van der Waals surface area contributed by atoms with Gasteiger partial charge in [-0.15, -0.1) is 0 Å². The molecule has 15 heavy (non-hydrogen) atoms. The first-order chi connectivity index (χ1) is 7.04. The van der Waals surface area contributed by atoms with Gasteiger partial charge in [-0.25, -0.2) is 9.59 Å². The van der Waals surface area contributed by atoms with E-state index in [4.69, 9.17) is 0 Å². The summed E-state index contributed by atoms with van der Waals surface area (Å²) in [6.07, 6.45) is 0. The quantitative estimate of drug-likeness (QED) is 0.595. The summed E-state index contributed by atoms with van der Waals surface area (Å²) >= 11 is 1.30. The Bertz CT molecular complexity index is 484. The van der Waals surface area contributed by atoms with Crippen molar-refractivity contribution in [3.05, 3.63) is 21.0 Å². The summed E-state index contributed by atoms with van der Waals surface area (Å²) in [5.74, 6) is 0.716. The molecule has 1 aromatic heterocycles. The van der Waals surface area contributed by atoms with E-state index in [0.29, 0.717) is 16.6 Å². The van der Waals surface area contributed by atoms with E-state index in [1.807, 2.05) is 6.92 Å². The highest BCUT2D eigenvalue weighted by atomic mass is 32.2. The maximum absolute atomic E-state index is 11.4. The molecular weight excluding hydrogens is 216 g/mol. The van der Waals surface area contributed by atoms with Crippen LogP contribution in [0.15, 0.2) is 19.8 Å². The van der Waals surface area contributed by atoms with Gasteiger partial charge in [0.15, 0.2) is 5.16 Å². The van der Waals surface area contributed by atoms with Gasteiger partial charge in [0.25, 0.3) is 0 Å². The molecule has 0 aliphatic heterocycles. The van der Waals surface area contributed by atoms with E-state index in [1.54, 1.807) is 13.8 Å². The summed E-state index contributed by atoms with van der Waals surface area (Å²) in [5, 5.41) is 4.30. The molecule has 0 fully saturated rings. The maximum Gasteiger partial charge on any atom is 0.352 e. The number of nitrogens with one attached hydrogen (secondary N) is 1. The molecule has 0 radical (unpaired) electrons. The Morgan fingerprint density at radius 2 is 2.20 bits per heavy atom. The number of nitrogens with zero attached hydrogens (tertiary/aromatic N) is 3. The topological polar surface area (TPSA) is 80.1 Å². The number of hydrogen-bond donors (Lipinski definition) is 1. The van der Waals surface area contributed by atoms with E-state index >= 15 is 0 Å². The number of aromatic nitrogens is 3. The number of thioether (sulfide) groups is 1. The van der Waals surface area contributed by atoms with Gasteiger partial charge in [0.2, 0.25) is 0 Å². The predicted molar refractivity (Wildman–Crippen MR) is 59.7 cm³/mol. The molecule has 0 atom stereocenters. The Morgan fingerprint density at radius 1 is 1.53 bits per heavy atom. The summed E-state index contributed by atoms with van der Waals surface area (Å²) in [5.41, 5.74) is -0.493. The highest BCUT2D eigenvalue weighted by Crippen LogP contribution is 2.10. The lowest BCUT2D eigenvalue weighted by atomic mass is 10.5. The van der Waals surface area contributed by atoms with E-state index in [9.17, 15) is 9.59 Å². The number of H-pyrrole nitrogens is 1. The second-order valence-corrected chi connectivity index (χ2v) is 4.15. The Hall–Kier alpha value is -1.37. The highest BCUT2D eigenvalue weighted by Gasteiger charge is 2.06. The molecule has 0 aliphatic carbocycles. The van der Waals surface area contributed by atoms with Crippen LogP contribution in [0.3, 0.4) is 0 Å². The van der Waals surface area contributed by atoms with Crippen LogP contribution in [0.4, 0.5) is 0 Å². The lowest BCUT2D eigenvalue weighted by Gasteiger charge is -2.03. The van der Waals surface area contributed by atoms with Gasteiger partial charge >= 0.3 is 11.4 Å². The van der Waals surface area contributed by atoms with Crippen molar-refractivity contribution in [3.8, 4) is 0 Å². The van der Waals surface area contributed by atoms with E-state index in [2.05, 4.69) is 15.1 Å². The summed E-state index contributed by atoms with van der Waals surface area (Å²) < 4.78 is 1.10. The molecule has 1 heterocycles. The fourth-order valence-electron chi connectivity index (χ4n) is 0.904. The van der Waals surface area contributed by atoms with Crippen molar-refractivity contribution in [3.63, 3.8) is 0 Å². The molecule has 7 heteroatoms. The van der Waals surface area contributed by atoms with E-state index in [0.717, 1.165) is 4.68 Å². The van der Waals surface area contributed by atoms with Gasteiger partial charge in [-0.3, -0.25) is 4.98 Å². The fourth-order valence-corrected chi connectivity index (χ4v) is 1.56. The molecule has 0 bridgehead atoms. The fraction of sp³-hybridized carbons (Fsp3) is 0.500. The number of aromatic amines is 1. The molecule has 0 spiro atoms. The standard InChI is InChI=1S/C8H12N4O2S/c1-4-15-8-10-6(13)9-7(14)12(8)11-5(2)3/h4H2,1-3H3,(H,9,13,14). The largest absolute Gasteiger partial charge is 0.352 e. The zero-order chi connectivity index (χ0) is 11.4. The molecule has 0 saturated carbocycles. The van der Waals surface area contributed by atoms with Crippen molar-refractivity contribution in [2.75, 3.05) is 5.75 Å². The third-order valence-electron chi connectivity index (χ3n) is 1.36. The Kier molecular flexibility index (Phi) is 3.84. The third kappa shape index (κ3) is 3.05. The lowest BCUT2D eigenvalue weighted by molar-refractivity contribution is 0.635. The molecule has 1 N–H and O–H groups in total. The van der Waals surface area contributed by atoms with Gasteiger partial charge in [0.1, 0.15) is 0 Å². The first-order valence-electron chi connectivity index (χ1n) is 4.43. The summed E-state index contributed by atoms with van der Waals surface area (Å²) in [6, 6.07) is 0. The predicted octanol–water partition coefficient (Wildman–Crippen LogP) is 0.287. The smallest absolute Gasteiger partial charge is 0.256 e. The summed E-state index contributed by atoms with van der Waals surface area (Å²) in [7, 11) is 0. The van der Waals surface area contributed by atoms with Gasteiger partial charge in [0, 0.05) is 5.71 Å². The van der Waals surface area contributed by atoms with Crippen LogP contribution in [0, 0.1) is 0 Å². The van der Waals surface area contributed by atoms with E-state index in [1.165, 1.54) is 11.8 Å². The monoisotopic (exact) mass is 228 g/mol.